The lowest BCUT2D eigenvalue weighted by molar-refractivity contribution is -0.143. The topological polar surface area (TPSA) is 69.6 Å². The van der Waals surface area contributed by atoms with Gasteiger partial charge in [0.25, 0.3) is 0 Å². The molecule has 1 aliphatic rings. The van der Waals surface area contributed by atoms with Crippen LogP contribution >= 0.6 is 0 Å². The Morgan fingerprint density at radius 1 is 1.43 bits per heavy atom. The number of amides is 2. The van der Waals surface area contributed by atoms with Crippen LogP contribution in [0, 0.1) is 18.7 Å². The minimum atomic E-state index is -0.827. The zero-order valence-corrected chi connectivity index (χ0v) is 12.1. The summed E-state index contributed by atoms with van der Waals surface area (Å²) in [6.07, 6.45) is 0.836. The molecular weight excluding hydrogens is 275 g/mol. The molecule has 1 aromatic rings. The molecule has 0 aromatic heterocycles. The molecule has 1 aromatic carbocycles. The standard InChI is InChI=1S/C15H19FN2O3/c1-9-4-3-5-12(16)13(9)17-15(21)18-7-6-11(14(19)20)8-10(18)2/h3-5,10-11H,6-8H2,1-2H3,(H,17,21)(H,19,20). The number of urea groups is 1. The lowest BCUT2D eigenvalue weighted by Gasteiger charge is -2.36. The second-order valence-corrected chi connectivity index (χ2v) is 5.46. The molecule has 114 valence electrons. The first-order valence-electron chi connectivity index (χ1n) is 6.95. The van der Waals surface area contributed by atoms with Gasteiger partial charge in [0.1, 0.15) is 5.82 Å². The molecule has 2 N–H and O–H groups in total. The third kappa shape index (κ3) is 3.32. The Morgan fingerprint density at radius 3 is 2.71 bits per heavy atom. The van der Waals surface area contributed by atoms with Crippen molar-refractivity contribution < 1.29 is 19.1 Å². The van der Waals surface area contributed by atoms with E-state index in [0.29, 0.717) is 24.9 Å². The van der Waals surface area contributed by atoms with E-state index >= 15 is 0 Å². The van der Waals surface area contributed by atoms with Gasteiger partial charge in [-0.1, -0.05) is 12.1 Å². The molecule has 2 rings (SSSR count). The number of anilines is 1. The molecule has 21 heavy (non-hydrogen) atoms. The fourth-order valence-electron chi connectivity index (χ4n) is 2.67. The van der Waals surface area contributed by atoms with E-state index in [1.165, 1.54) is 6.07 Å². The molecule has 0 aliphatic carbocycles. The third-order valence-corrected chi connectivity index (χ3v) is 3.94. The average molecular weight is 294 g/mol. The molecule has 1 saturated heterocycles. The number of carbonyl (C=O) groups is 2. The van der Waals surface area contributed by atoms with E-state index in [2.05, 4.69) is 5.32 Å². The summed E-state index contributed by atoms with van der Waals surface area (Å²) in [6, 6.07) is 4.02. The summed E-state index contributed by atoms with van der Waals surface area (Å²) in [7, 11) is 0. The van der Waals surface area contributed by atoms with Crippen molar-refractivity contribution in [2.75, 3.05) is 11.9 Å². The molecule has 5 nitrogen and oxygen atoms in total. The van der Waals surface area contributed by atoms with Gasteiger partial charge < -0.3 is 15.3 Å². The van der Waals surface area contributed by atoms with Crippen molar-refractivity contribution in [3.8, 4) is 0 Å². The van der Waals surface area contributed by atoms with Crippen LogP contribution in [0.1, 0.15) is 25.3 Å². The summed E-state index contributed by atoms with van der Waals surface area (Å²) in [5.41, 5.74) is 0.825. The van der Waals surface area contributed by atoms with Crippen molar-refractivity contribution in [1.82, 2.24) is 4.90 Å². The molecule has 1 aliphatic heterocycles. The van der Waals surface area contributed by atoms with Crippen molar-refractivity contribution >= 4 is 17.7 Å². The Labute approximate surface area is 122 Å². The van der Waals surface area contributed by atoms with Crippen LogP contribution in [-0.4, -0.2) is 34.6 Å². The number of carboxylic acids is 1. The Bertz CT molecular complexity index is 542. The molecule has 0 bridgehead atoms. The van der Waals surface area contributed by atoms with E-state index in [4.69, 9.17) is 5.11 Å². The van der Waals surface area contributed by atoms with Gasteiger partial charge in [0.2, 0.25) is 0 Å². The molecule has 1 fully saturated rings. The number of carboxylic acid groups (broad SMARTS) is 1. The number of carbonyl (C=O) groups excluding carboxylic acids is 1. The number of aryl methyl sites for hydroxylation is 1. The molecule has 0 radical (unpaired) electrons. The van der Waals surface area contributed by atoms with Crippen LogP contribution in [0.5, 0.6) is 0 Å². The molecular formula is C15H19FN2O3. The van der Waals surface area contributed by atoms with Crippen molar-refractivity contribution in [2.24, 2.45) is 5.92 Å². The van der Waals surface area contributed by atoms with Crippen LogP contribution in [0.25, 0.3) is 0 Å². The number of aliphatic carboxylic acids is 1. The fourth-order valence-corrected chi connectivity index (χ4v) is 2.67. The molecule has 2 atom stereocenters. The predicted octanol–water partition coefficient (Wildman–Crippen LogP) is 2.85. The number of halogens is 1. The smallest absolute Gasteiger partial charge is 0.322 e. The first-order valence-corrected chi connectivity index (χ1v) is 6.95. The summed E-state index contributed by atoms with van der Waals surface area (Å²) in [5.74, 6) is -1.72. The number of benzene rings is 1. The zero-order chi connectivity index (χ0) is 15.6. The summed E-state index contributed by atoms with van der Waals surface area (Å²) in [4.78, 5) is 24.8. The van der Waals surface area contributed by atoms with E-state index in [1.54, 1.807) is 24.0 Å². The van der Waals surface area contributed by atoms with Crippen molar-refractivity contribution in [3.05, 3.63) is 29.6 Å². The first-order chi connectivity index (χ1) is 9.90. The van der Waals surface area contributed by atoms with Crippen LogP contribution in [0.4, 0.5) is 14.9 Å². The van der Waals surface area contributed by atoms with Gasteiger partial charge in [0.05, 0.1) is 11.6 Å². The monoisotopic (exact) mass is 294 g/mol. The number of nitrogens with one attached hydrogen (secondary N) is 1. The molecule has 2 unspecified atom stereocenters. The summed E-state index contributed by atoms with van der Waals surface area (Å²) in [6.45, 7) is 3.89. The normalized spacial score (nSPS) is 22.0. The molecule has 1 heterocycles. The third-order valence-electron chi connectivity index (χ3n) is 3.94. The maximum Gasteiger partial charge on any atom is 0.322 e. The lowest BCUT2D eigenvalue weighted by atomic mass is 9.92. The second-order valence-electron chi connectivity index (χ2n) is 5.46. The molecule has 6 heteroatoms. The Balaban J connectivity index is 2.06. The van der Waals surface area contributed by atoms with Crippen molar-refractivity contribution in [1.29, 1.82) is 0 Å². The minimum Gasteiger partial charge on any atom is -0.481 e. The van der Waals surface area contributed by atoms with Crippen molar-refractivity contribution in [2.45, 2.75) is 32.7 Å². The average Bonchev–Trinajstić information content (AvgIpc) is 2.42. The second kappa shape index (κ2) is 6.11. The van der Waals surface area contributed by atoms with Crippen LogP contribution in [0.3, 0.4) is 0 Å². The number of piperidine rings is 1. The highest BCUT2D eigenvalue weighted by molar-refractivity contribution is 5.90. The highest BCUT2D eigenvalue weighted by Gasteiger charge is 2.32. The van der Waals surface area contributed by atoms with E-state index in [-0.39, 0.29) is 17.8 Å². The van der Waals surface area contributed by atoms with Crippen LogP contribution in [-0.2, 0) is 4.79 Å². The number of hydrogen-bond donors (Lipinski definition) is 2. The fraction of sp³-hybridized carbons (Fsp3) is 0.467. The summed E-state index contributed by atoms with van der Waals surface area (Å²) in [5, 5.41) is 11.6. The van der Waals surface area contributed by atoms with Crippen molar-refractivity contribution in [3.63, 3.8) is 0 Å². The Morgan fingerprint density at radius 2 is 2.14 bits per heavy atom. The van der Waals surface area contributed by atoms with Crippen LogP contribution in [0.15, 0.2) is 18.2 Å². The zero-order valence-electron chi connectivity index (χ0n) is 12.1. The highest BCUT2D eigenvalue weighted by Crippen LogP contribution is 2.25. The predicted molar refractivity (Wildman–Crippen MR) is 76.7 cm³/mol. The quantitative estimate of drug-likeness (QED) is 0.881. The Hall–Kier alpha value is -2.11. The first kappa shape index (κ1) is 15.3. The highest BCUT2D eigenvalue weighted by atomic mass is 19.1. The minimum absolute atomic E-state index is 0.176. The molecule has 0 spiro atoms. The number of likely N-dealkylation sites (tertiary alicyclic amines) is 1. The lowest BCUT2D eigenvalue weighted by Crippen LogP contribution is -2.48. The number of rotatable bonds is 2. The number of nitrogens with zero attached hydrogens (tertiary/aromatic N) is 1. The number of para-hydroxylation sites is 1. The largest absolute Gasteiger partial charge is 0.481 e. The van der Waals surface area contributed by atoms with E-state index < -0.39 is 17.7 Å². The Kier molecular flexibility index (Phi) is 4.45. The van der Waals surface area contributed by atoms with E-state index in [1.807, 2.05) is 6.92 Å². The molecule has 0 saturated carbocycles. The van der Waals surface area contributed by atoms with Gasteiger partial charge in [0.15, 0.2) is 0 Å². The van der Waals surface area contributed by atoms with E-state index in [9.17, 15) is 14.0 Å². The SMILES string of the molecule is Cc1cccc(F)c1NC(=O)N1CCC(C(=O)O)CC1C. The van der Waals surface area contributed by atoms with Gasteiger partial charge >= 0.3 is 12.0 Å². The van der Waals surface area contributed by atoms with Gasteiger partial charge in [-0.3, -0.25) is 4.79 Å². The maximum atomic E-state index is 13.7. The van der Waals surface area contributed by atoms with E-state index in [0.717, 1.165) is 0 Å². The van der Waals surface area contributed by atoms with Gasteiger partial charge in [-0.15, -0.1) is 0 Å². The van der Waals surface area contributed by atoms with Gasteiger partial charge in [-0.05, 0) is 38.3 Å². The summed E-state index contributed by atoms with van der Waals surface area (Å²) < 4.78 is 13.7. The van der Waals surface area contributed by atoms with Crippen LogP contribution in [0.2, 0.25) is 0 Å². The van der Waals surface area contributed by atoms with Gasteiger partial charge in [0, 0.05) is 12.6 Å². The summed E-state index contributed by atoms with van der Waals surface area (Å²) >= 11 is 0. The van der Waals surface area contributed by atoms with Crippen LogP contribution < -0.4 is 5.32 Å². The maximum absolute atomic E-state index is 13.7. The number of hydrogen-bond acceptors (Lipinski definition) is 2. The molecule has 2 amide bonds. The van der Waals surface area contributed by atoms with Gasteiger partial charge in [-0.2, -0.15) is 0 Å². The van der Waals surface area contributed by atoms with Gasteiger partial charge in [-0.25, -0.2) is 9.18 Å².